The van der Waals surface area contributed by atoms with Crippen LogP contribution in [-0.4, -0.2) is 0 Å². The van der Waals surface area contributed by atoms with E-state index in [9.17, 15) is 0 Å². The average Bonchev–Trinajstić information content (AvgIpc) is 1.92. The fourth-order valence-electron chi connectivity index (χ4n) is 13.7. The highest BCUT2D eigenvalue weighted by atomic mass is 16.3. The first-order valence-corrected chi connectivity index (χ1v) is 29.4. The summed E-state index contributed by atoms with van der Waals surface area (Å²) in [6, 6.07) is 83.4. The Hall–Kier alpha value is -8.66. The molecule has 0 bridgehead atoms. The van der Waals surface area contributed by atoms with E-state index < -0.39 is 5.41 Å². The molecule has 1 spiro atoms. The van der Waals surface area contributed by atoms with Crippen LogP contribution < -0.4 is 9.80 Å². The molecule has 1 aromatic heterocycles. The maximum atomic E-state index is 7.23. The molecule has 0 fully saturated rings. The first-order valence-electron chi connectivity index (χ1n) is 29.4. The van der Waals surface area contributed by atoms with Gasteiger partial charge in [-0.2, -0.15) is 0 Å². The Balaban J connectivity index is 1.08. The summed E-state index contributed by atoms with van der Waals surface area (Å²) in [6.07, 6.45) is 0. The molecule has 12 aromatic rings. The minimum absolute atomic E-state index is 0.0160. The lowest BCUT2D eigenvalue weighted by Gasteiger charge is -2.33. The summed E-state index contributed by atoms with van der Waals surface area (Å²) in [5, 5.41) is 6.87. The van der Waals surface area contributed by atoms with Crippen molar-refractivity contribution in [3.63, 3.8) is 0 Å². The molecule has 14 rings (SSSR count). The number of hydrogen-bond acceptors (Lipinski definition) is 3. The largest absolute Gasteiger partial charge is 0.455 e. The van der Waals surface area contributed by atoms with Crippen molar-refractivity contribution in [3.05, 3.63) is 263 Å². The van der Waals surface area contributed by atoms with Crippen molar-refractivity contribution in [1.29, 1.82) is 0 Å². The van der Waals surface area contributed by atoms with Crippen LogP contribution >= 0.6 is 0 Å². The van der Waals surface area contributed by atoms with Gasteiger partial charge < -0.3 is 14.2 Å². The lowest BCUT2D eigenvalue weighted by Crippen LogP contribution is -2.26. The smallest absolute Gasteiger partial charge is 0.145 e. The average molecular weight is 1070 g/mol. The molecule has 0 N–H and O–H groups in total. The Morgan fingerprint density at radius 3 is 1.26 bits per heavy atom. The van der Waals surface area contributed by atoms with Crippen LogP contribution in [0.5, 0.6) is 0 Å². The molecular weight excluding hydrogens is 993 g/mol. The standard InChI is InChI=1S/C79H72N2O/c1-75(2,3)51-26-35-55(36-27-51)80(56-37-28-52(29-38-56)76(4,5)6)59-34-25-49-46-65-68(47-50(49)45-59)79(66-22-16-13-19-60(66)61-20-14-17-23-67(61)79)69-48-70(73-64(72(65)69)44-43-63-62-21-15-18-24-71(62)82-74(63)73)81(57-39-30-53(31-40-57)77(7,8)9)58-41-32-54(33-42-58)78(10,11)12/h13-48H,1-12H3. The fourth-order valence-corrected chi connectivity index (χ4v) is 13.7. The Bertz CT molecular complexity index is 4350. The zero-order chi connectivity index (χ0) is 56.8. The maximum Gasteiger partial charge on any atom is 0.145 e. The molecular formula is C79H72N2O. The molecule has 1 heterocycles. The molecule has 82 heavy (non-hydrogen) atoms. The predicted molar refractivity (Wildman–Crippen MR) is 349 cm³/mol. The van der Waals surface area contributed by atoms with E-state index in [2.05, 4.69) is 311 Å². The number of para-hydroxylation sites is 1. The van der Waals surface area contributed by atoms with Gasteiger partial charge >= 0.3 is 0 Å². The van der Waals surface area contributed by atoms with E-state index in [1.54, 1.807) is 0 Å². The van der Waals surface area contributed by atoms with E-state index in [4.69, 9.17) is 4.42 Å². The molecule has 3 nitrogen and oxygen atoms in total. The van der Waals surface area contributed by atoms with Crippen molar-refractivity contribution in [2.45, 2.75) is 110 Å². The number of hydrogen-bond donors (Lipinski definition) is 0. The lowest BCUT2D eigenvalue weighted by molar-refractivity contribution is 0.590. The van der Waals surface area contributed by atoms with Crippen molar-refractivity contribution >= 4 is 77.6 Å². The number of rotatable bonds is 6. The molecule has 2 aliphatic rings. The summed E-state index contributed by atoms with van der Waals surface area (Å²) >= 11 is 0. The van der Waals surface area contributed by atoms with Crippen LogP contribution in [-0.2, 0) is 27.1 Å². The van der Waals surface area contributed by atoms with Gasteiger partial charge in [0, 0.05) is 44.6 Å². The molecule has 3 heteroatoms. The number of nitrogens with zero attached hydrogens (tertiary/aromatic N) is 2. The normalized spacial score (nSPS) is 13.7. The minimum Gasteiger partial charge on any atom is -0.455 e. The fraction of sp³-hybridized carbons (Fsp3) is 0.215. The Labute approximate surface area is 484 Å². The Morgan fingerprint density at radius 1 is 0.317 bits per heavy atom. The quantitative estimate of drug-likeness (QED) is 0.165. The van der Waals surface area contributed by atoms with Gasteiger partial charge in [0.1, 0.15) is 11.2 Å². The zero-order valence-corrected chi connectivity index (χ0v) is 49.6. The third kappa shape index (κ3) is 7.98. The highest BCUT2D eigenvalue weighted by molar-refractivity contribution is 6.24. The van der Waals surface area contributed by atoms with Crippen molar-refractivity contribution in [2.75, 3.05) is 9.80 Å². The van der Waals surface area contributed by atoms with Crippen LogP contribution in [0.3, 0.4) is 0 Å². The minimum atomic E-state index is -0.670. The molecule has 2 aliphatic carbocycles. The Kier molecular flexibility index (Phi) is 11.4. The van der Waals surface area contributed by atoms with Gasteiger partial charge in [0.15, 0.2) is 0 Å². The number of furan rings is 1. The molecule has 0 atom stereocenters. The van der Waals surface area contributed by atoms with Crippen LogP contribution in [0.4, 0.5) is 34.1 Å². The first kappa shape index (κ1) is 51.5. The van der Waals surface area contributed by atoms with E-state index in [-0.39, 0.29) is 21.7 Å². The molecule has 0 saturated carbocycles. The van der Waals surface area contributed by atoms with Crippen molar-refractivity contribution in [2.24, 2.45) is 0 Å². The molecule has 0 unspecified atom stereocenters. The molecule has 11 aromatic carbocycles. The van der Waals surface area contributed by atoms with Gasteiger partial charge in [0.2, 0.25) is 0 Å². The lowest BCUT2D eigenvalue weighted by atomic mass is 9.70. The van der Waals surface area contributed by atoms with Crippen LogP contribution in [0, 0.1) is 0 Å². The molecule has 0 radical (unpaired) electrons. The van der Waals surface area contributed by atoms with Gasteiger partial charge in [-0.3, -0.25) is 0 Å². The van der Waals surface area contributed by atoms with Crippen molar-refractivity contribution in [3.8, 4) is 22.3 Å². The molecule has 0 aliphatic heterocycles. The van der Waals surface area contributed by atoms with Crippen molar-refractivity contribution < 1.29 is 4.42 Å². The summed E-state index contributed by atoms with van der Waals surface area (Å²) in [6.45, 7) is 27.5. The third-order valence-electron chi connectivity index (χ3n) is 18.1. The zero-order valence-electron chi connectivity index (χ0n) is 49.6. The van der Waals surface area contributed by atoms with E-state index in [0.29, 0.717) is 0 Å². The SMILES string of the molecule is CC(C)(C)c1ccc(N(c2ccc(C(C)(C)C)cc2)c2ccc3cc4c(cc3c2)C2(c3ccccc3-c3ccccc32)c2cc(N(c3ccc(C(C)(C)C)cc3)c3ccc(C(C)(C)C)cc3)c3c(ccc5c6ccccc6oc53)c2-4)cc1. The second-order valence-electron chi connectivity index (χ2n) is 27.4. The van der Waals surface area contributed by atoms with E-state index in [1.165, 1.54) is 82.9 Å². The third-order valence-corrected chi connectivity index (χ3v) is 18.1. The number of fused-ring (bicyclic) bond motifs is 17. The van der Waals surface area contributed by atoms with E-state index in [0.717, 1.165) is 61.4 Å². The number of anilines is 6. The summed E-state index contributed by atoms with van der Waals surface area (Å²) < 4.78 is 7.23. The highest BCUT2D eigenvalue weighted by Crippen LogP contribution is 2.66. The number of benzene rings is 11. The van der Waals surface area contributed by atoms with Gasteiger partial charge in [0.25, 0.3) is 0 Å². The summed E-state index contributed by atoms with van der Waals surface area (Å²) in [5.41, 5.74) is 23.2. The van der Waals surface area contributed by atoms with Gasteiger partial charge in [-0.25, -0.2) is 0 Å². The van der Waals surface area contributed by atoms with Crippen LogP contribution in [0.25, 0.3) is 65.7 Å². The maximum absolute atomic E-state index is 7.23. The molecule has 404 valence electrons. The van der Waals surface area contributed by atoms with Gasteiger partial charge in [-0.1, -0.05) is 210 Å². The van der Waals surface area contributed by atoms with Gasteiger partial charge in [-0.05, 0) is 196 Å². The first-order chi connectivity index (χ1) is 39.2. The summed E-state index contributed by atoms with van der Waals surface area (Å²) in [4.78, 5) is 4.95. The van der Waals surface area contributed by atoms with Gasteiger partial charge in [-0.15, -0.1) is 0 Å². The van der Waals surface area contributed by atoms with E-state index in [1.807, 2.05) is 0 Å². The predicted octanol–water partition coefficient (Wildman–Crippen LogP) is 22.4. The van der Waals surface area contributed by atoms with Crippen molar-refractivity contribution in [1.82, 2.24) is 0 Å². The highest BCUT2D eigenvalue weighted by Gasteiger charge is 2.53. The Morgan fingerprint density at radius 2 is 0.756 bits per heavy atom. The molecule has 0 saturated heterocycles. The van der Waals surface area contributed by atoms with Gasteiger partial charge in [0.05, 0.1) is 11.1 Å². The van der Waals surface area contributed by atoms with Crippen LogP contribution in [0.1, 0.15) is 128 Å². The summed E-state index contributed by atoms with van der Waals surface area (Å²) in [5.74, 6) is 0. The monoisotopic (exact) mass is 1060 g/mol. The van der Waals surface area contributed by atoms with Crippen LogP contribution in [0.15, 0.2) is 223 Å². The summed E-state index contributed by atoms with van der Waals surface area (Å²) in [7, 11) is 0. The molecule has 0 amide bonds. The second-order valence-corrected chi connectivity index (χ2v) is 27.4. The topological polar surface area (TPSA) is 19.6 Å². The van der Waals surface area contributed by atoms with E-state index >= 15 is 0 Å². The van der Waals surface area contributed by atoms with Crippen LogP contribution in [0.2, 0.25) is 0 Å². The second kappa shape index (κ2) is 18.2.